The van der Waals surface area contributed by atoms with Crippen molar-refractivity contribution in [1.29, 1.82) is 0 Å². The van der Waals surface area contributed by atoms with Crippen molar-refractivity contribution in [2.45, 2.75) is 25.1 Å². The zero-order chi connectivity index (χ0) is 15.7. The predicted octanol–water partition coefficient (Wildman–Crippen LogP) is 3.95. The molecule has 0 unspecified atom stereocenters. The standard InChI is InChI=1S/C15H14F4N2O.ClH/c16-9-1-2-12-11(7-9)13(8-14(21-12)15(17,18)19)22-10-3-5-20-6-4-10;/h1-2,7-8,10,20H,3-6H2;1H. The number of pyridine rings is 1. The van der Waals surface area contributed by atoms with Gasteiger partial charge in [0, 0.05) is 11.5 Å². The zero-order valence-electron chi connectivity index (χ0n) is 12.0. The van der Waals surface area contributed by atoms with E-state index in [1.807, 2.05) is 0 Å². The first kappa shape index (κ1) is 17.7. The quantitative estimate of drug-likeness (QED) is 0.833. The highest BCUT2D eigenvalue weighted by Crippen LogP contribution is 2.35. The van der Waals surface area contributed by atoms with Gasteiger partial charge in [-0.1, -0.05) is 0 Å². The Balaban J connectivity index is 0.00000192. The maximum atomic E-state index is 13.4. The normalized spacial score (nSPS) is 16.2. The maximum absolute atomic E-state index is 13.4. The van der Waals surface area contributed by atoms with Gasteiger partial charge in [-0.25, -0.2) is 9.37 Å². The van der Waals surface area contributed by atoms with E-state index in [-0.39, 0.29) is 35.2 Å². The lowest BCUT2D eigenvalue weighted by molar-refractivity contribution is -0.141. The molecule has 0 amide bonds. The molecule has 126 valence electrons. The molecule has 1 aliphatic rings. The molecule has 23 heavy (non-hydrogen) atoms. The van der Waals surface area contributed by atoms with Crippen molar-refractivity contribution in [3.8, 4) is 5.75 Å². The van der Waals surface area contributed by atoms with Crippen LogP contribution in [0.2, 0.25) is 0 Å². The highest BCUT2D eigenvalue weighted by Gasteiger charge is 2.34. The molecule has 8 heteroatoms. The summed E-state index contributed by atoms with van der Waals surface area (Å²) in [5, 5.41) is 3.41. The van der Waals surface area contributed by atoms with Crippen LogP contribution in [-0.2, 0) is 6.18 Å². The number of hydrogen-bond acceptors (Lipinski definition) is 3. The molecule has 0 atom stereocenters. The van der Waals surface area contributed by atoms with Crippen LogP contribution in [-0.4, -0.2) is 24.2 Å². The number of ether oxygens (including phenoxy) is 1. The van der Waals surface area contributed by atoms with Crippen molar-refractivity contribution in [3.05, 3.63) is 35.8 Å². The fraction of sp³-hybridized carbons (Fsp3) is 0.400. The van der Waals surface area contributed by atoms with E-state index in [0.29, 0.717) is 12.8 Å². The topological polar surface area (TPSA) is 34.1 Å². The second kappa shape index (κ2) is 6.88. The van der Waals surface area contributed by atoms with Gasteiger partial charge in [-0.05, 0) is 44.1 Å². The molecule has 0 bridgehead atoms. The van der Waals surface area contributed by atoms with Crippen molar-refractivity contribution < 1.29 is 22.3 Å². The molecule has 1 saturated heterocycles. The smallest absolute Gasteiger partial charge is 0.433 e. The summed E-state index contributed by atoms with van der Waals surface area (Å²) in [5.41, 5.74) is -0.962. The number of hydrogen-bond donors (Lipinski definition) is 1. The number of piperidine rings is 1. The second-order valence-corrected chi connectivity index (χ2v) is 5.23. The van der Waals surface area contributed by atoms with E-state index < -0.39 is 17.7 Å². The first-order valence-electron chi connectivity index (χ1n) is 6.98. The van der Waals surface area contributed by atoms with E-state index in [9.17, 15) is 17.6 Å². The van der Waals surface area contributed by atoms with Crippen LogP contribution in [0.1, 0.15) is 18.5 Å². The molecule has 1 aromatic heterocycles. The Hall–Kier alpha value is -1.60. The van der Waals surface area contributed by atoms with Crippen LogP contribution >= 0.6 is 12.4 Å². The van der Waals surface area contributed by atoms with Crippen molar-refractivity contribution in [3.63, 3.8) is 0 Å². The number of aromatic nitrogens is 1. The number of alkyl halides is 3. The first-order chi connectivity index (χ1) is 10.4. The number of benzene rings is 1. The minimum absolute atomic E-state index is 0. The van der Waals surface area contributed by atoms with Gasteiger partial charge in [0.2, 0.25) is 0 Å². The Morgan fingerprint density at radius 1 is 1.13 bits per heavy atom. The third-order valence-corrected chi connectivity index (χ3v) is 3.60. The van der Waals surface area contributed by atoms with Gasteiger partial charge in [0.1, 0.15) is 23.4 Å². The molecular weight excluding hydrogens is 336 g/mol. The van der Waals surface area contributed by atoms with Crippen LogP contribution < -0.4 is 10.1 Å². The number of fused-ring (bicyclic) bond motifs is 1. The third-order valence-electron chi connectivity index (χ3n) is 3.60. The number of nitrogens with one attached hydrogen (secondary N) is 1. The Kier molecular flexibility index (Phi) is 5.31. The number of halogens is 5. The van der Waals surface area contributed by atoms with Gasteiger partial charge in [0.05, 0.1) is 5.52 Å². The predicted molar refractivity (Wildman–Crippen MR) is 80.5 cm³/mol. The highest BCUT2D eigenvalue weighted by atomic mass is 35.5. The summed E-state index contributed by atoms with van der Waals surface area (Å²) in [6.45, 7) is 1.49. The molecule has 1 aromatic carbocycles. The molecule has 1 fully saturated rings. The summed E-state index contributed by atoms with van der Waals surface area (Å²) in [6.07, 6.45) is -3.37. The molecular formula is C15H15ClF4N2O. The van der Waals surface area contributed by atoms with Gasteiger partial charge in [0.15, 0.2) is 0 Å². The minimum atomic E-state index is -4.57. The molecule has 0 aliphatic carbocycles. The Morgan fingerprint density at radius 2 is 1.83 bits per heavy atom. The highest BCUT2D eigenvalue weighted by molar-refractivity contribution is 5.85. The summed E-state index contributed by atoms with van der Waals surface area (Å²) in [7, 11) is 0. The van der Waals surface area contributed by atoms with Crippen LogP contribution in [0, 0.1) is 5.82 Å². The minimum Gasteiger partial charge on any atom is -0.490 e. The molecule has 2 heterocycles. The molecule has 1 N–H and O–H groups in total. The van der Waals surface area contributed by atoms with Crippen LogP contribution in [0.4, 0.5) is 17.6 Å². The Morgan fingerprint density at radius 3 is 2.48 bits per heavy atom. The fourth-order valence-electron chi connectivity index (χ4n) is 2.50. The lowest BCUT2D eigenvalue weighted by Gasteiger charge is -2.25. The summed E-state index contributed by atoms with van der Waals surface area (Å²) in [4.78, 5) is 3.56. The van der Waals surface area contributed by atoms with Gasteiger partial charge in [0.25, 0.3) is 0 Å². The van der Waals surface area contributed by atoms with Crippen molar-refractivity contribution >= 4 is 23.3 Å². The SMILES string of the molecule is Cl.Fc1ccc2nc(C(F)(F)F)cc(OC3CCNCC3)c2c1. The largest absolute Gasteiger partial charge is 0.490 e. The summed E-state index contributed by atoms with van der Waals surface area (Å²) < 4.78 is 58.0. The van der Waals surface area contributed by atoms with E-state index in [1.165, 1.54) is 6.07 Å². The lowest BCUT2D eigenvalue weighted by Crippen LogP contribution is -2.34. The molecule has 3 nitrogen and oxygen atoms in total. The second-order valence-electron chi connectivity index (χ2n) is 5.23. The van der Waals surface area contributed by atoms with Gasteiger partial charge < -0.3 is 10.1 Å². The third kappa shape index (κ3) is 4.03. The fourth-order valence-corrected chi connectivity index (χ4v) is 2.50. The summed E-state index contributed by atoms with van der Waals surface area (Å²) in [6, 6.07) is 4.32. The molecule has 0 spiro atoms. The van der Waals surface area contributed by atoms with Crippen molar-refractivity contribution in [2.75, 3.05) is 13.1 Å². The van der Waals surface area contributed by atoms with Crippen molar-refractivity contribution in [2.24, 2.45) is 0 Å². The number of nitrogens with zero attached hydrogens (tertiary/aromatic N) is 1. The molecule has 0 saturated carbocycles. The lowest BCUT2D eigenvalue weighted by atomic mass is 10.1. The molecule has 0 radical (unpaired) electrons. The van der Waals surface area contributed by atoms with E-state index in [2.05, 4.69) is 10.3 Å². The summed E-state index contributed by atoms with van der Waals surface area (Å²) in [5.74, 6) is -0.507. The van der Waals surface area contributed by atoms with Gasteiger partial charge in [-0.3, -0.25) is 0 Å². The van der Waals surface area contributed by atoms with Crippen LogP contribution in [0.3, 0.4) is 0 Å². The Labute approximate surface area is 136 Å². The average Bonchev–Trinajstić information content (AvgIpc) is 2.47. The maximum Gasteiger partial charge on any atom is 0.433 e. The van der Waals surface area contributed by atoms with Crippen LogP contribution in [0.15, 0.2) is 24.3 Å². The Bertz CT molecular complexity index is 687. The zero-order valence-corrected chi connectivity index (χ0v) is 12.8. The molecule has 1 aliphatic heterocycles. The molecule has 2 aromatic rings. The van der Waals surface area contributed by atoms with E-state index in [1.54, 1.807) is 0 Å². The van der Waals surface area contributed by atoms with Gasteiger partial charge in [-0.15, -0.1) is 12.4 Å². The van der Waals surface area contributed by atoms with E-state index in [0.717, 1.165) is 31.3 Å². The van der Waals surface area contributed by atoms with Gasteiger partial charge in [-0.2, -0.15) is 13.2 Å². The van der Waals surface area contributed by atoms with Gasteiger partial charge >= 0.3 is 6.18 Å². The van der Waals surface area contributed by atoms with Crippen LogP contribution in [0.25, 0.3) is 10.9 Å². The van der Waals surface area contributed by atoms with Crippen LogP contribution in [0.5, 0.6) is 5.75 Å². The molecule has 3 rings (SSSR count). The number of rotatable bonds is 2. The van der Waals surface area contributed by atoms with E-state index >= 15 is 0 Å². The van der Waals surface area contributed by atoms with E-state index in [4.69, 9.17) is 4.74 Å². The average molecular weight is 351 g/mol. The summed E-state index contributed by atoms with van der Waals surface area (Å²) >= 11 is 0. The monoisotopic (exact) mass is 350 g/mol. The van der Waals surface area contributed by atoms with Crippen molar-refractivity contribution in [1.82, 2.24) is 10.3 Å². The first-order valence-corrected chi connectivity index (χ1v) is 6.98.